The summed E-state index contributed by atoms with van der Waals surface area (Å²) in [4.78, 5) is 6.56. The maximum Gasteiger partial charge on any atom is 0.127 e. The van der Waals surface area contributed by atoms with Gasteiger partial charge in [-0.15, -0.1) is 0 Å². The van der Waals surface area contributed by atoms with Crippen molar-refractivity contribution >= 4 is 11.5 Å². The van der Waals surface area contributed by atoms with Gasteiger partial charge in [0.1, 0.15) is 5.82 Å². The lowest BCUT2D eigenvalue weighted by Crippen LogP contribution is -2.37. The summed E-state index contributed by atoms with van der Waals surface area (Å²) in [6.45, 7) is 0. The fourth-order valence-electron chi connectivity index (χ4n) is 1.76. The van der Waals surface area contributed by atoms with Gasteiger partial charge in [0.15, 0.2) is 0 Å². The van der Waals surface area contributed by atoms with Gasteiger partial charge in [0.2, 0.25) is 0 Å². The predicted octanol–water partition coefficient (Wildman–Crippen LogP) is 2.11. The van der Waals surface area contributed by atoms with Gasteiger partial charge in [-0.05, 0) is 25.3 Å². The Hall–Kier alpha value is -1.25. The van der Waals surface area contributed by atoms with Gasteiger partial charge in [-0.3, -0.25) is 0 Å². The van der Waals surface area contributed by atoms with Crippen LogP contribution in [0.4, 0.5) is 11.5 Å². The third-order valence-corrected chi connectivity index (χ3v) is 3.03. The molecule has 0 radical (unpaired) electrons. The van der Waals surface area contributed by atoms with E-state index >= 15 is 0 Å². The van der Waals surface area contributed by atoms with Crippen LogP contribution in [-0.2, 0) is 0 Å². The van der Waals surface area contributed by atoms with Crippen molar-refractivity contribution in [2.24, 2.45) is 0 Å². The number of rotatable bonds is 3. The van der Waals surface area contributed by atoms with Crippen LogP contribution in [0.25, 0.3) is 0 Å². The minimum Gasteiger partial charge on any atom is -0.373 e. The number of nitrogens with one attached hydrogen (secondary N) is 1. The number of nitrogens with zero attached hydrogens (tertiary/aromatic N) is 2. The van der Waals surface area contributed by atoms with Crippen molar-refractivity contribution in [1.29, 1.82) is 0 Å². The van der Waals surface area contributed by atoms with Gasteiger partial charge in [0.05, 0.1) is 0 Å². The van der Waals surface area contributed by atoms with Crippen molar-refractivity contribution in [2.75, 3.05) is 24.3 Å². The Morgan fingerprint density at radius 1 is 1.50 bits per heavy atom. The van der Waals surface area contributed by atoms with E-state index in [1.807, 2.05) is 13.2 Å². The second-order valence-electron chi connectivity index (χ2n) is 3.84. The van der Waals surface area contributed by atoms with Crippen LogP contribution in [-0.4, -0.2) is 25.1 Å². The van der Waals surface area contributed by atoms with Crippen LogP contribution in [0.15, 0.2) is 18.3 Å². The molecule has 0 amide bonds. The molecular formula is C11H17N3. The van der Waals surface area contributed by atoms with Crippen LogP contribution in [0, 0.1) is 0 Å². The van der Waals surface area contributed by atoms with Crippen molar-refractivity contribution in [3.63, 3.8) is 0 Å². The molecule has 1 aliphatic carbocycles. The summed E-state index contributed by atoms with van der Waals surface area (Å²) in [7, 11) is 4.06. The normalized spacial score (nSPS) is 16.1. The second kappa shape index (κ2) is 3.86. The number of hydrogen-bond acceptors (Lipinski definition) is 3. The standard InChI is InChI=1S/C11H17N3/c1-12-11-8-10(6-7-13-11)14(2)9-4-3-5-9/h6-9H,3-5H2,1-2H3,(H,12,13). The Kier molecular flexibility index (Phi) is 2.57. The van der Waals surface area contributed by atoms with Gasteiger partial charge in [-0.25, -0.2) is 4.98 Å². The summed E-state index contributed by atoms with van der Waals surface area (Å²) in [6.07, 6.45) is 5.89. The second-order valence-corrected chi connectivity index (χ2v) is 3.84. The molecule has 2 rings (SSSR count). The van der Waals surface area contributed by atoms with Crippen molar-refractivity contribution in [2.45, 2.75) is 25.3 Å². The van der Waals surface area contributed by atoms with Crippen LogP contribution in [0.1, 0.15) is 19.3 Å². The van der Waals surface area contributed by atoms with Gasteiger partial charge in [0.25, 0.3) is 0 Å². The first-order chi connectivity index (χ1) is 6.81. The van der Waals surface area contributed by atoms with E-state index in [0.29, 0.717) is 0 Å². The molecule has 1 heterocycles. The van der Waals surface area contributed by atoms with Crippen molar-refractivity contribution in [3.8, 4) is 0 Å². The molecule has 1 fully saturated rings. The van der Waals surface area contributed by atoms with E-state index in [-0.39, 0.29) is 0 Å². The molecule has 0 saturated heterocycles. The summed E-state index contributed by atoms with van der Waals surface area (Å²) in [6, 6.07) is 4.90. The monoisotopic (exact) mass is 191 g/mol. The Bertz CT molecular complexity index is 307. The summed E-state index contributed by atoms with van der Waals surface area (Å²) < 4.78 is 0. The SMILES string of the molecule is CNc1cc(N(C)C2CCC2)ccn1. The first kappa shape index (κ1) is 9.31. The van der Waals surface area contributed by atoms with Crippen LogP contribution >= 0.6 is 0 Å². The fraction of sp³-hybridized carbons (Fsp3) is 0.545. The third kappa shape index (κ3) is 1.67. The lowest BCUT2D eigenvalue weighted by atomic mass is 9.91. The van der Waals surface area contributed by atoms with E-state index < -0.39 is 0 Å². The Balaban J connectivity index is 2.13. The smallest absolute Gasteiger partial charge is 0.127 e. The van der Waals surface area contributed by atoms with E-state index in [1.54, 1.807) is 0 Å². The molecule has 14 heavy (non-hydrogen) atoms. The van der Waals surface area contributed by atoms with Gasteiger partial charge >= 0.3 is 0 Å². The van der Waals surface area contributed by atoms with E-state index in [4.69, 9.17) is 0 Å². The van der Waals surface area contributed by atoms with Gasteiger partial charge < -0.3 is 10.2 Å². The zero-order valence-electron chi connectivity index (χ0n) is 8.83. The quantitative estimate of drug-likeness (QED) is 0.793. The lowest BCUT2D eigenvalue weighted by molar-refractivity contribution is 0.401. The van der Waals surface area contributed by atoms with Crippen LogP contribution in [0.3, 0.4) is 0 Å². The molecule has 3 nitrogen and oxygen atoms in total. The molecule has 0 aliphatic heterocycles. The molecule has 0 bridgehead atoms. The molecule has 76 valence electrons. The molecule has 0 atom stereocenters. The number of aromatic nitrogens is 1. The molecule has 1 aromatic rings. The molecule has 1 aromatic heterocycles. The Labute approximate surface area is 85.1 Å². The third-order valence-electron chi connectivity index (χ3n) is 3.03. The van der Waals surface area contributed by atoms with Gasteiger partial charge in [-0.2, -0.15) is 0 Å². The highest BCUT2D eigenvalue weighted by molar-refractivity contribution is 5.53. The minimum absolute atomic E-state index is 0.738. The lowest BCUT2D eigenvalue weighted by Gasteiger charge is -2.36. The van der Waals surface area contributed by atoms with Crippen LogP contribution in [0.5, 0.6) is 0 Å². The summed E-state index contributed by atoms with van der Waals surface area (Å²) in [5.74, 6) is 0.939. The molecule has 1 N–H and O–H groups in total. The van der Waals surface area contributed by atoms with Crippen LogP contribution < -0.4 is 10.2 Å². The van der Waals surface area contributed by atoms with Crippen molar-refractivity contribution in [3.05, 3.63) is 18.3 Å². The minimum atomic E-state index is 0.738. The predicted molar refractivity (Wildman–Crippen MR) is 59.8 cm³/mol. The first-order valence-electron chi connectivity index (χ1n) is 5.18. The maximum atomic E-state index is 4.21. The van der Waals surface area contributed by atoms with Crippen molar-refractivity contribution in [1.82, 2.24) is 4.98 Å². The summed E-state index contributed by atoms with van der Waals surface area (Å²) in [5.41, 5.74) is 1.26. The average Bonchev–Trinajstić information content (AvgIpc) is 2.15. The molecule has 0 spiro atoms. The molecule has 1 saturated carbocycles. The highest BCUT2D eigenvalue weighted by atomic mass is 15.1. The zero-order valence-corrected chi connectivity index (χ0v) is 8.83. The maximum absolute atomic E-state index is 4.21. The number of hydrogen-bond donors (Lipinski definition) is 1. The highest BCUT2D eigenvalue weighted by Crippen LogP contribution is 2.28. The highest BCUT2D eigenvalue weighted by Gasteiger charge is 2.22. The van der Waals surface area contributed by atoms with E-state index in [2.05, 4.69) is 34.4 Å². The van der Waals surface area contributed by atoms with Gasteiger partial charge in [-0.1, -0.05) is 0 Å². The molecule has 3 heteroatoms. The van der Waals surface area contributed by atoms with E-state index in [9.17, 15) is 0 Å². The Morgan fingerprint density at radius 2 is 2.29 bits per heavy atom. The molecular weight excluding hydrogens is 174 g/mol. The van der Waals surface area contributed by atoms with E-state index in [0.717, 1.165) is 11.9 Å². The first-order valence-corrected chi connectivity index (χ1v) is 5.18. The Morgan fingerprint density at radius 3 is 2.86 bits per heavy atom. The van der Waals surface area contributed by atoms with Crippen LogP contribution in [0.2, 0.25) is 0 Å². The molecule has 0 aromatic carbocycles. The average molecular weight is 191 g/mol. The summed E-state index contributed by atoms with van der Waals surface area (Å²) in [5, 5.41) is 3.06. The number of anilines is 2. The summed E-state index contributed by atoms with van der Waals surface area (Å²) >= 11 is 0. The molecule has 0 unspecified atom stereocenters. The molecule has 1 aliphatic rings. The largest absolute Gasteiger partial charge is 0.373 e. The topological polar surface area (TPSA) is 28.2 Å². The zero-order chi connectivity index (χ0) is 9.97. The van der Waals surface area contributed by atoms with E-state index in [1.165, 1.54) is 24.9 Å². The van der Waals surface area contributed by atoms with Crippen molar-refractivity contribution < 1.29 is 0 Å². The fourth-order valence-corrected chi connectivity index (χ4v) is 1.76. The van der Waals surface area contributed by atoms with Gasteiger partial charge in [0, 0.05) is 38.1 Å². The number of pyridine rings is 1.